The SMILES string of the molecule is N#CC(=Cc1ccc(-c2ccc([N+](=O)[O-])cc2Br)o1)c1ccccc1F. The Morgan fingerprint density at radius 3 is 2.65 bits per heavy atom. The van der Waals surface area contributed by atoms with E-state index in [1.807, 2.05) is 6.07 Å². The molecule has 0 aliphatic heterocycles. The maximum Gasteiger partial charge on any atom is 0.270 e. The lowest BCUT2D eigenvalue weighted by Crippen LogP contribution is -1.88. The first-order valence-electron chi connectivity index (χ1n) is 7.40. The Morgan fingerprint density at radius 1 is 1.23 bits per heavy atom. The number of furan rings is 1. The van der Waals surface area contributed by atoms with E-state index < -0.39 is 10.7 Å². The average molecular weight is 413 g/mol. The zero-order chi connectivity index (χ0) is 18.7. The highest BCUT2D eigenvalue weighted by molar-refractivity contribution is 9.10. The van der Waals surface area contributed by atoms with Crippen molar-refractivity contribution in [3.05, 3.63) is 86.3 Å². The molecule has 0 radical (unpaired) electrons. The summed E-state index contributed by atoms with van der Waals surface area (Å²) < 4.78 is 20.1. The molecule has 0 aliphatic rings. The lowest BCUT2D eigenvalue weighted by Gasteiger charge is -2.01. The molecule has 0 saturated carbocycles. The van der Waals surface area contributed by atoms with E-state index >= 15 is 0 Å². The molecule has 3 rings (SSSR count). The molecule has 0 amide bonds. The number of benzene rings is 2. The van der Waals surface area contributed by atoms with Crippen LogP contribution in [0.25, 0.3) is 23.0 Å². The second-order valence-corrected chi connectivity index (χ2v) is 6.13. The van der Waals surface area contributed by atoms with Crippen molar-refractivity contribution in [3.63, 3.8) is 0 Å². The zero-order valence-electron chi connectivity index (χ0n) is 13.1. The van der Waals surface area contributed by atoms with Gasteiger partial charge in [0.15, 0.2) is 0 Å². The van der Waals surface area contributed by atoms with Crippen LogP contribution in [-0.4, -0.2) is 4.92 Å². The Balaban J connectivity index is 1.97. The Labute approximate surface area is 156 Å². The predicted octanol–water partition coefficient (Wildman–Crippen LogP) is 5.82. The van der Waals surface area contributed by atoms with Crippen LogP contribution in [0.2, 0.25) is 0 Å². The number of nitriles is 1. The molecule has 0 N–H and O–H groups in total. The summed E-state index contributed by atoms with van der Waals surface area (Å²) in [5.41, 5.74) is 0.898. The Bertz CT molecular complexity index is 1070. The molecule has 3 aromatic rings. The quantitative estimate of drug-likeness (QED) is 0.307. The minimum Gasteiger partial charge on any atom is -0.457 e. The molecular weight excluding hydrogens is 403 g/mol. The van der Waals surface area contributed by atoms with E-state index in [1.165, 1.54) is 30.3 Å². The van der Waals surface area contributed by atoms with Gasteiger partial charge < -0.3 is 4.42 Å². The van der Waals surface area contributed by atoms with E-state index in [1.54, 1.807) is 30.3 Å². The Kier molecular flexibility index (Phi) is 4.96. The molecule has 1 aromatic heterocycles. The number of non-ortho nitro benzene ring substituents is 1. The summed E-state index contributed by atoms with van der Waals surface area (Å²) in [6.07, 6.45) is 1.45. The smallest absolute Gasteiger partial charge is 0.270 e. The molecule has 0 atom stereocenters. The lowest BCUT2D eigenvalue weighted by molar-refractivity contribution is -0.384. The van der Waals surface area contributed by atoms with Crippen molar-refractivity contribution < 1.29 is 13.7 Å². The van der Waals surface area contributed by atoms with Crippen LogP contribution < -0.4 is 0 Å². The first-order chi connectivity index (χ1) is 12.5. The summed E-state index contributed by atoms with van der Waals surface area (Å²) in [5.74, 6) is 0.332. The van der Waals surface area contributed by atoms with E-state index in [0.29, 0.717) is 21.6 Å². The second-order valence-electron chi connectivity index (χ2n) is 5.27. The van der Waals surface area contributed by atoms with Gasteiger partial charge >= 0.3 is 0 Å². The molecule has 7 heteroatoms. The second kappa shape index (κ2) is 7.33. The van der Waals surface area contributed by atoms with Gasteiger partial charge in [-0.15, -0.1) is 0 Å². The van der Waals surface area contributed by atoms with Crippen molar-refractivity contribution in [1.29, 1.82) is 5.26 Å². The molecule has 2 aromatic carbocycles. The van der Waals surface area contributed by atoms with Crippen molar-refractivity contribution in [3.8, 4) is 17.4 Å². The number of nitro groups is 1. The van der Waals surface area contributed by atoms with E-state index in [9.17, 15) is 19.8 Å². The van der Waals surface area contributed by atoms with Crippen molar-refractivity contribution in [2.45, 2.75) is 0 Å². The highest BCUT2D eigenvalue weighted by atomic mass is 79.9. The van der Waals surface area contributed by atoms with Gasteiger partial charge in [0.2, 0.25) is 0 Å². The highest BCUT2D eigenvalue weighted by Gasteiger charge is 2.14. The lowest BCUT2D eigenvalue weighted by atomic mass is 10.1. The Morgan fingerprint density at radius 2 is 2.00 bits per heavy atom. The van der Waals surface area contributed by atoms with Crippen molar-refractivity contribution in [1.82, 2.24) is 0 Å². The maximum absolute atomic E-state index is 13.9. The molecule has 0 spiro atoms. The number of hydrogen-bond donors (Lipinski definition) is 0. The van der Waals surface area contributed by atoms with Gasteiger partial charge in [-0.2, -0.15) is 5.26 Å². The maximum atomic E-state index is 13.9. The van der Waals surface area contributed by atoms with Crippen LogP contribution in [0.5, 0.6) is 0 Å². The third-order valence-electron chi connectivity index (χ3n) is 3.63. The van der Waals surface area contributed by atoms with Crippen LogP contribution in [0.15, 0.2) is 63.5 Å². The van der Waals surface area contributed by atoms with Gasteiger partial charge in [-0.3, -0.25) is 10.1 Å². The molecule has 1 heterocycles. The molecule has 128 valence electrons. The van der Waals surface area contributed by atoms with E-state index in [4.69, 9.17) is 4.42 Å². The summed E-state index contributed by atoms with van der Waals surface area (Å²) >= 11 is 3.29. The zero-order valence-corrected chi connectivity index (χ0v) is 14.7. The largest absolute Gasteiger partial charge is 0.457 e. The third kappa shape index (κ3) is 3.55. The molecule has 0 saturated heterocycles. The number of nitro benzene ring substituents is 1. The fraction of sp³-hybridized carbons (Fsp3) is 0. The molecular formula is C19H10BrFN2O3. The van der Waals surface area contributed by atoms with Gasteiger partial charge in [0.25, 0.3) is 5.69 Å². The van der Waals surface area contributed by atoms with Crippen LogP contribution in [0.1, 0.15) is 11.3 Å². The van der Waals surface area contributed by atoms with Crippen LogP contribution in [-0.2, 0) is 0 Å². The summed E-state index contributed by atoms with van der Waals surface area (Å²) in [5, 5.41) is 20.1. The minimum atomic E-state index is -0.495. The van der Waals surface area contributed by atoms with Crippen LogP contribution in [0.4, 0.5) is 10.1 Å². The topological polar surface area (TPSA) is 80.1 Å². The average Bonchev–Trinajstić information content (AvgIpc) is 3.08. The number of hydrogen-bond acceptors (Lipinski definition) is 4. The molecule has 0 aliphatic carbocycles. The Hall–Kier alpha value is -3.24. The van der Waals surface area contributed by atoms with Crippen LogP contribution >= 0.6 is 15.9 Å². The van der Waals surface area contributed by atoms with Gasteiger partial charge in [0.1, 0.15) is 17.3 Å². The molecule has 5 nitrogen and oxygen atoms in total. The van der Waals surface area contributed by atoms with Gasteiger partial charge in [-0.25, -0.2) is 4.39 Å². The fourth-order valence-corrected chi connectivity index (χ4v) is 2.95. The number of rotatable bonds is 4. The van der Waals surface area contributed by atoms with Crippen molar-refractivity contribution in [2.75, 3.05) is 0 Å². The summed E-state index contributed by atoms with van der Waals surface area (Å²) in [7, 11) is 0. The van der Waals surface area contributed by atoms with Crippen molar-refractivity contribution in [2.24, 2.45) is 0 Å². The first-order valence-corrected chi connectivity index (χ1v) is 8.19. The summed E-state index contributed by atoms with van der Waals surface area (Å²) in [6, 6.07) is 15.6. The summed E-state index contributed by atoms with van der Waals surface area (Å²) in [4.78, 5) is 10.3. The van der Waals surface area contributed by atoms with Gasteiger partial charge in [-0.1, -0.05) is 18.2 Å². The van der Waals surface area contributed by atoms with E-state index in [-0.39, 0.29) is 16.8 Å². The number of halogens is 2. The normalized spacial score (nSPS) is 11.2. The minimum absolute atomic E-state index is 0.0429. The number of allylic oxidation sites excluding steroid dienone is 1. The molecule has 0 bridgehead atoms. The van der Waals surface area contributed by atoms with Crippen LogP contribution in [0, 0.1) is 27.3 Å². The van der Waals surface area contributed by atoms with Gasteiger partial charge in [0, 0.05) is 27.7 Å². The first kappa shape index (κ1) is 17.6. The standard InChI is InChI=1S/C19H10BrFN2O3/c20-17-10-13(23(24)25)5-7-16(17)19-8-6-14(26-19)9-12(11-22)15-3-1-2-4-18(15)21/h1-10H. The van der Waals surface area contributed by atoms with Crippen LogP contribution in [0.3, 0.4) is 0 Å². The summed E-state index contributed by atoms with van der Waals surface area (Å²) in [6.45, 7) is 0. The fourth-order valence-electron chi connectivity index (χ4n) is 2.38. The predicted molar refractivity (Wildman–Crippen MR) is 98.4 cm³/mol. The van der Waals surface area contributed by atoms with Gasteiger partial charge in [-0.05, 0) is 46.3 Å². The number of nitrogens with zero attached hydrogens (tertiary/aromatic N) is 2. The third-order valence-corrected chi connectivity index (χ3v) is 4.28. The van der Waals surface area contributed by atoms with E-state index in [0.717, 1.165) is 0 Å². The molecule has 0 unspecified atom stereocenters. The van der Waals surface area contributed by atoms with E-state index in [2.05, 4.69) is 15.9 Å². The molecule has 0 fully saturated rings. The highest BCUT2D eigenvalue weighted by Crippen LogP contribution is 2.33. The van der Waals surface area contributed by atoms with Gasteiger partial charge in [0.05, 0.1) is 16.6 Å². The molecule has 26 heavy (non-hydrogen) atoms. The monoisotopic (exact) mass is 412 g/mol. The van der Waals surface area contributed by atoms with Crippen molar-refractivity contribution >= 4 is 33.3 Å².